The van der Waals surface area contributed by atoms with Crippen LogP contribution >= 0.6 is 11.6 Å². The Hall–Kier alpha value is -1.07. The highest BCUT2D eigenvalue weighted by Crippen LogP contribution is 2.22. The fraction of sp³-hybridized carbons (Fsp3) is 0.533. The molecule has 0 spiro atoms. The second-order valence-electron chi connectivity index (χ2n) is 5.03. The standard InChI is InChI=1S/C15H21ClO4S/c1-2-3-4-5-6-7-10-21(19,20)12-8-9-14(16)13(11-12)15(17)18/h8-9,11H,2-7,10H2,1H3,(H,17,18). The number of rotatable bonds is 9. The summed E-state index contributed by atoms with van der Waals surface area (Å²) in [6, 6.07) is 3.82. The Morgan fingerprint density at radius 2 is 1.76 bits per heavy atom. The molecular weight excluding hydrogens is 312 g/mol. The Kier molecular flexibility index (Phi) is 7.18. The van der Waals surface area contributed by atoms with Gasteiger partial charge in [0.05, 0.1) is 21.2 Å². The van der Waals surface area contributed by atoms with Crippen LogP contribution in [0.4, 0.5) is 0 Å². The van der Waals surface area contributed by atoms with Gasteiger partial charge in [0.15, 0.2) is 9.84 Å². The highest BCUT2D eigenvalue weighted by molar-refractivity contribution is 7.91. The summed E-state index contributed by atoms with van der Waals surface area (Å²) in [5.74, 6) is -1.18. The number of carboxylic acids is 1. The van der Waals surface area contributed by atoms with Crippen molar-refractivity contribution in [1.82, 2.24) is 0 Å². The van der Waals surface area contributed by atoms with Crippen LogP contribution < -0.4 is 0 Å². The van der Waals surface area contributed by atoms with Gasteiger partial charge in [0.25, 0.3) is 0 Å². The van der Waals surface area contributed by atoms with Crippen molar-refractivity contribution in [3.05, 3.63) is 28.8 Å². The van der Waals surface area contributed by atoms with Crippen molar-refractivity contribution < 1.29 is 18.3 Å². The Morgan fingerprint density at radius 3 is 2.38 bits per heavy atom. The average molecular weight is 333 g/mol. The van der Waals surface area contributed by atoms with Gasteiger partial charge in [-0.15, -0.1) is 0 Å². The third kappa shape index (κ3) is 5.67. The minimum atomic E-state index is -3.45. The van der Waals surface area contributed by atoms with E-state index in [2.05, 4.69) is 6.92 Å². The molecule has 0 aliphatic heterocycles. The molecule has 21 heavy (non-hydrogen) atoms. The molecule has 118 valence electrons. The molecule has 0 unspecified atom stereocenters. The van der Waals surface area contributed by atoms with Gasteiger partial charge in [0, 0.05) is 0 Å². The van der Waals surface area contributed by atoms with Crippen LogP contribution in [0.15, 0.2) is 23.1 Å². The molecule has 0 bridgehead atoms. The fourth-order valence-corrected chi connectivity index (χ4v) is 3.64. The van der Waals surface area contributed by atoms with Crippen molar-refractivity contribution >= 4 is 27.4 Å². The number of hydrogen-bond donors (Lipinski definition) is 1. The van der Waals surface area contributed by atoms with Gasteiger partial charge < -0.3 is 5.11 Å². The second-order valence-corrected chi connectivity index (χ2v) is 7.55. The van der Waals surface area contributed by atoms with Crippen molar-refractivity contribution in [2.75, 3.05) is 5.75 Å². The fourth-order valence-electron chi connectivity index (χ4n) is 2.05. The highest BCUT2D eigenvalue weighted by Gasteiger charge is 2.18. The van der Waals surface area contributed by atoms with E-state index in [-0.39, 0.29) is 21.2 Å². The Balaban J connectivity index is 2.66. The quantitative estimate of drug-likeness (QED) is 0.689. The van der Waals surface area contributed by atoms with Gasteiger partial charge in [-0.3, -0.25) is 0 Å². The largest absolute Gasteiger partial charge is 0.478 e. The summed E-state index contributed by atoms with van der Waals surface area (Å²) in [4.78, 5) is 11.0. The maximum Gasteiger partial charge on any atom is 0.337 e. The first-order chi connectivity index (χ1) is 9.88. The van der Waals surface area contributed by atoms with E-state index in [4.69, 9.17) is 16.7 Å². The minimum Gasteiger partial charge on any atom is -0.478 e. The summed E-state index contributed by atoms with van der Waals surface area (Å²) in [7, 11) is -3.45. The van der Waals surface area contributed by atoms with E-state index in [9.17, 15) is 13.2 Å². The van der Waals surface area contributed by atoms with Crippen molar-refractivity contribution in [2.45, 2.75) is 50.3 Å². The van der Waals surface area contributed by atoms with Crippen molar-refractivity contribution in [1.29, 1.82) is 0 Å². The van der Waals surface area contributed by atoms with Crippen LogP contribution in [0, 0.1) is 0 Å². The molecule has 1 rings (SSSR count). The molecule has 1 N–H and O–H groups in total. The number of benzene rings is 1. The molecule has 6 heteroatoms. The smallest absolute Gasteiger partial charge is 0.337 e. The van der Waals surface area contributed by atoms with Gasteiger partial charge in [-0.1, -0.05) is 50.6 Å². The summed E-state index contributed by atoms with van der Waals surface area (Å²) in [5.41, 5.74) is -0.180. The van der Waals surface area contributed by atoms with Crippen molar-refractivity contribution in [2.24, 2.45) is 0 Å². The molecule has 0 aliphatic rings. The maximum absolute atomic E-state index is 12.2. The second kappa shape index (κ2) is 8.39. The lowest BCUT2D eigenvalue weighted by atomic mass is 10.1. The van der Waals surface area contributed by atoms with Crippen molar-refractivity contribution in [3.8, 4) is 0 Å². The summed E-state index contributed by atoms with van der Waals surface area (Å²) < 4.78 is 24.3. The van der Waals surface area contributed by atoms with E-state index in [1.165, 1.54) is 18.6 Å². The maximum atomic E-state index is 12.2. The van der Waals surface area contributed by atoms with E-state index in [1.54, 1.807) is 0 Å². The molecular formula is C15H21ClO4S. The van der Waals surface area contributed by atoms with Crippen LogP contribution in [-0.2, 0) is 9.84 Å². The SMILES string of the molecule is CCCCCCCCS(=O)(=O)c1ccc(Cl)c(C(=O)O)c1. The number of carboxylic acid groups (broad SMARTS) is 1. The topological polar surface area (TPSA) is 71.4 Å². The van der Waals surface area contributed by atoms with Crippen LogP contribution in [-0.4, -0.2) is 25.2 Å². The molecule has 0 saturated heterocycles. The Morgan fingerprint density at radius 1 is 1.14 bits per heavy atom. The first-order valence-corrected chi connectivity index (χ1v) is 9.17. The number of halogens is 1. The molecule has 0 radical (unpaired) electrons. The lowest BCUT2D eigenvalue weighted by Crippen LogP contribution is -2.08. The summed E-state index contributed by atoms with van der Waals surface area (Å²) in [6.45, 7) is 2.13. The molecule has 0 aliphatic carbocycles. The number of sulfone groups is 1. The summed E-state index contributed by atoms with van der Waals surface area (Å²) in [5, 5.41) is 9.02. The number of aromatic carboxylic acids is 1. The van der Waals surface area contributed by atoms with E-state index >= 15 is 0 Å². The first kappa shape index (κ1) is 18.0. The van der Waals surface area contributed by atoms with Gasteiger partial charge in [-0.2, -0.15) is 0 Å². The number of unbranched alkanes of at least 4 members (excludes halogenated alkanes) is 5. The number of carbonyl (C=O) groups is 1. The lowest BCUT2D eigenvalue weighted by molar-refractivity contribution is 0.0697. The molecule has 0 heterocycles. The van der Waals surface area contributed by atoms with E-state index in [1.807, 2.05) is 0 Å². The van der Waals surface area contributed by atoms with E-state index < -0.39 is 15.8 Å². The van der Waals surface area contributed by atoms with Gasteiger partial charge in [0.1, 0.15) is 0 Å². The summed E-state index contributed by atoms with van der Waals surface area (Å²) in [6.07, 6.45) is 5.95. The van der Waals surface area contributed by atoms with Crippen LogP contribution in [0.2, 0.25) is 5.02 Å². The zero-order valence-electron chi connectivity index (χ0n) is 12.1. The van der Waals surface area contributed by atoms with Crippen LogP contribution in [0.5, 0.6) is 0 Å². The van der Waals surface area contributed by atoms with Gasteiger partial charge in [0.2, 0.25) is 0 Å². The van der Waals surface area contributed by atoms with Crippen LogP contribution in [0.25, 0.3) is 0 Å². The molecule has 1 aromatic rings. The third-order valence-corrected chi connectivity index (χ3v) is 5.42. The van der Waals surface area contributed by atoms with Crippen LogP contribution in [0.3, 0.4) is 0 Å². The minimum absolute atomic E-state index is 0.0258. The summed E-state index contributed by atoms with van der Waals surface area (Å²) >= 11 is 5.74. The van der Waals surface area contributed by atoms with E-state index in [0.29, 0.717) is 6.42 Å². The molecule has 0 aromatic heterocycles. The molecule has 4 nitrogen and oxygen atoms in total. The average Bonchev–Trinajstić information content (AvgIpc) is 2.42. The zero-order chi connectivity index (χ0) is 15.9. The first-order valence-electron chi connectivity index (χ1n) is 7.14. The van der Waals surface area contributed by atoms with Crippen molar-refractivity contribution in [3.63, 3.8) is 0 Å². The Labute approximate surface area is 131 Å². The van der Waals surface area contributed by atoms with Gasteiger partial charge >= 0.3 is 5.97 Å². The third-order valence-electron chi connectivity index (χ3n) is 3.29. The van der Waals surface area contributed by atoms with Crippen LogP contribution in [0.1, 0.15) is 55.8 Å². The molecule has 0 saturated carbocycles. The molecule has 0 atom stereocenters. The van der Waals surface area contributed by atoms with Gasteiger partial charge in [-0.25, -0.2) is 13.2 Å². The predicted molar refractivity (Wildman–Crippen MR) is 83.8 cm³/mol. The zero-order valence-corrected chi connectivity index (χ0v) is 13.7. The highest BCUT2D eigenvalue weighted by atomic mass is 35.5. The molecule has 0 amide bonds. The Bertz CT molecular complexity index is 581. The van der Waals surface area contributed by atoms with Gasteiger partial charge in [-0.05, 0) is 24.6 Å². The van der Waals surface area contributed by atoms with E-state index in [0.717, 1.165) is 31.7 Å². The monoisotopic (exact) mass is 332 g/mol. The lowest BCUT2D eigenvalue weighted by Gasteiger charge is -2.06. The normalized spacial score (nSPS) is 11.5. The predicted octanol–water partition coefficient (Wildman–Crippen LogP) is 4.17. The molecule has 0 fully saturated rings. The number of hydrogen-bond acceptors (Lipinski definition) is 3. The molecule has 1 aromatic carbocycles.